The van der Waals surface area contributed by atoms with Gasteiger partial charge in [0.1, 0.15) is 11.6 Å². The third-order valence-electron chi connectivity index (χ3n) is 2.34. The van der Waals surface area contributed by atoms with Crippen LogP contribution in [0.1, 0.15) is 0 Å². The van der Waals surface area contributed by atoms with Crippen LogP contribution in [0.2, 0.25) is 0 Å². The number of nitrogen functional groups attached to an aromatic ring is 1. The quantitative estimate of drug-likeness (QED) is 0.911. The first-order valence-corrected chi connectivity index (χ1v) is 5.80. The third kappa shape index (κ3) is 2.48. The van der Waals surface area contributed by atoms with Gasteiger partial charge < -0.3 is 10.8 Å². The average molecular weight is 300 g/mol. The molecule has 6 heteroatoms. The van der Waals surface area contributed by atoms with Crippen molar-refractivity contribution < 1.29 is 9.50 Å². The Morgan fingerprint density at radius 2 is 2.18 bits per heavy atom. The highest BCUT2D eigenvalue weighted by molar-refractivity contribution is 9.10. The molecular formula is C11H11BrFN3O. The van der Waals surface area contributed by atoms with Crippen molar-refractivity contribution in [1.29, 1.82) is 0 Å². The lowest BCUT2D eigenvalue weighted by Crippen LogP contribution is -2.07. The van der Waals surface area contributed by atoms with Crippen molar-refractivity contribution in [3.8, 4) is 11.3 Å². The summed E-state index contributed by atoms with van der Waals surface area (Å²) in [6, 6.07) is 6.32. The molecule has 0 aliphatic heterocycles. The minimum absolute atomic E-state index is 0.0293. The first kappa shape index (κ1) is 12.1. The van der Waals surface area contributed by atoms with Crippen LogP contribution >= 0.6 is 15.9 Å². The summed E-state index contributed by atoms with van der Waals surface area (Å²) in [5.74, 6) is 0.144. The molecule has 0 radical (unpaired) electrons. The van der Waals surface area contributed by atoms with Gasteiger partial charge in [0.2, 0.25) is 0 Å². The van der Waals surface area contributed by atoms with Crippen LogP contribution in [0.5, 0.6) is 0 Å². The maximum Gasteiger partial charge on any atom is 0.137 e. The van der Waals surface area contributed by atoms with E-state index in [2.05, 4.69) is 21.0 Å². The van der Waals surface area contributed by atoms with Gasteiger partial charge in [-0.2, -0.15) is 5.10 Å². The van der Waals surface area contributed by atoms with Gasteiger partial charge in [-0.3, -0.25) is 0 Å². The molecule has 90 valence electrons. The number of halogens is 2. The van der Waals surface area contributed by atoms with Gasteiger partial charge in [-0.15, -0.1) is 0 Å². The number of rotatable bonds is 3. The zero-order valence-electron chi connectivity index (χ0n) is 8.90. The average Bonchev–Trinajstić information content (AvgIpc) is 2.65. The second-order valence-electron chi connectivity index (χ2n) is 3.53. The summed E-state index contributed by atoms with van der Waals surface area (Å²) < 4.78 is 15.0. The Balaban J connectivity index is 2.39. The van der Waals surface area contributed by atoms with E-state index in [4.69, 9.17) is 10.8 Å². The molecule has 3 N–H and O–H groups in total. The number of aromatic nitrogens is 2. The molecule has 0 spiro atoms. The number of aliphatic hydroxyl groups is 1. The maximum atomic E-state index is 13.1. The highest BCUT2D eigenvalue weighted by atomic mass is 79.9. The summed E-state index contributed by atoms with van der Waals surface area (Å²) >= 11 is 3.12. The van der Waals surface area contributed by atoms with Crippen LogP contribution in [-0.2, 0) is 6.54 Å². The summed E-state index contributed by atoms with van der Waals surface area (Å²) in [6.45, 7) is 0.312. The molecule has 0 bridgehead atoms. The first-order chi connectivity index (χ1) is 8.11. The van der Waals surface area contributed by atoms with E-state index in [1.54, 1.807) is 18.2 Å². The van der Waals surface area contributed by atoms with E-state index < -0.39 is 0 Å². The van der Waals surface area contributed by atoms with Crippen molar-refractivity contribution in [3.05, 3.63) is 34.6 Å². The molecule has 0 aliphatic carbocycles. The Labute approximate surface area is 106 Å². The van der Waals surface area contributed by atoms with E-state index in [0.717, 1.165) is 5.56 Å². The SMILES string of the molecule is Nc1cc(-c2ccc(F)c(Br)c2)nn1CCO. The molecule has 1 aromatic heterocycles. The Bertz CT molecular complexity index is 542. The Morgan fingerprint density at radius 3 is 2.82 bits per heavy atom. The van der Waals surface area contributed by atoms with E-state index in [0.29, 0.717) is 22.5 Å². The van der Waals surface area contributed by atoms with Crippen LogP contribution < -0.4 is 5.73 Å². The molecule has 0 amide bonds. The van der Waals surface area contributed by atoms with Gasteiger partial charge in [0.15, 0.2) is 0 Å². The lowest BCUT2D eigenvalue weighted by Gasteiger charge is -2.00. The molecule has 0 atom stereocenters. The minimum atomic E-state index is -0.323. The van der Waals surface area contributed by atoms with E-state index in [1.165, 1.54) is 10.7 Å². The predicted octanol–water partition coefficient (Wildman–Crippen LogP) is 2.03. The Morgan fingerprint density at radius 1 is 1.41 bits per heavy atom. The summed E-state index contributed by atoms with van der Waals surface area (Å²) in [6.07, 6.45) is 0. The van der Waals surface area contributed by atoms with Crippen LogP contribution in [0.25, 0.3) is 11.3 Å². The standard InChI is InChI=1S/C11H11BrFN3O/c12-8-5-7(1-2-9(8)13)10-6-11(14)16(15-10)3-4-17/h1-2,5-6,17H,3-4,14H2. The monoisotopic (exact) mass is 299 g/mol. The smallest absolute Gasteiger partial charge is 0.137 e. The van der Waals surface area contributed by atoms with Crippen LogP contribution in [0.15, 0.2) is 28.7 Å². The van der Waals surface area contributed by atoms with Crippen LogP contribution in [0.3, 0.4) is 0 Å². The van der Waals surface area contributed by atoms with Crippen molar-refractivity contribution in [2.75, 3.05) is 12.3 Å². The highest BCUT2D eigenvalue weighted by Gasteiger charge is 2.08. The normalized spacial score (nSPS) is 10.8. The fourth-order valence-corrected chi connectivity index (χ4v) is 1.88. The van der Waals surface area contributed by atoms with Crippen molar-refractivity contribution >= 4 is 21.7 Å². The fourth-order valence-electron chi connectivity index (χ4n) is 1.50. The number of nitrogens with two attached hydrogens (primary N) is 1. The number of hydrogen-bond donors (Lipinski definition) is 2. The van der Waals surface area contributed by atoms with Crippen molar-refractivity contribution in [1.82, 2.24) is 9.78 Å². The summed E-state index contributed by atoms with van der Waals surface area (Å²) in [5, 5.41) is 13.1. The molecule has 0 aliphatic rings. The molecule has 0 saturated carbocycles. The van der Waals surface area contributed by atoms with Gasteiger partial charge in [-0.1, -0.05) is 0 Å². The largest absolute Gasteiger partial charge is 0.394 e. The van der Waals surface area contributed by atoms with E-state index in [9.17, 15) is 4.39 Å². The zero-order valence-corrected chi connectivity index (χ0v) is 10.5. The van der Waals surface area contributed by atoms with Crippen molar-refractivity contribution in [3.63, 3.8) is 0 Å². The summed E-state index contributed by atoms with van der Waals surface area (Å²) in [4.78, 5) is 0. The van der Waals surface area contributed by atoms with Crippen LogP contribution in [0.4, 0.5) is 10.2 Å². The van der Waals surface area contributed by atoms with Gasteiger partial charge in [-0.25, -0.2) is 9.07 Å². The van der Waals surface area contributed by atoms with Gasteiger partial charge in [-0.05, 0) is 34.1 Å². The molecule has 17 heavy (non-hydrogen) atoms. The molecule has 2 rings (SSSR count). The topological polar surface area (TPSA) is 64.1 Å². The van der Waals surface area contributed by atoms with Gasteiger partial charge in [0, 0.05) is 11.6 Å². The number of hydrogen-bond acceptors (Lipinski definition) is 3. The molecule has 1 heterocycles. The maximum absolute atomic E-state index is 13.1. The van der Waals surface area contributed by atoms with Gasteiger partial charge in [0.05, 0.1) is 23.3 Å². The molecule has 0 unspecified atom stereocenters. The van der Waals surface area contributed by atoms with E-state index in [1.807, 2.05) is 0 Å². The molecule has 1 aromatic carbocycles. The molecular weight excluding hydrogens is 289 g/mol. The van der Waals surface area contributed by atoms with Crippen LogP contribution in [-0.4, -0.2) is 21.5 Å². The Kier molecular flexibility index (Phi) is 3.44. The third-order valence-corrected chi connectivity index (χ3v) is 2.95. The summed E-state index contributed by atoms with van der Waals surface area (Å²) in [7, 11) is 0. The minimum Gasteiger partial charge on any atom is -0.394 e. The lowest BCUT2D eigenvalue weighted by atomic mass is 10.1. The summed E-state index contributed by atoms with van der Waals surface area (Å²) in [5.41, 5.74) is 7.15. The fraction of sp³-hybridized carbons (Fsp3) is 0.182. The number of aliphatic hydroxyl groups excluding tert-OH is 1. The van der Waals surface area contributed by atoms with Gasteiger partial charge in [0.25, 0.3) is 0 Å². The van der Waals surface area contributed by atoms with E-state index in [-0.39, 0.29) is 12.4 Å². The number of benzene rings is 1. The lowest BCUT2D eigenvalue weighted by molar-refractivity contribution is 0.270. The molecule has 0 fully saturated rings. The number of anilines is 1. The molecule has 2 aromatic rings. The van der Waals surface area contributed by atoms with Crippen LogP contribution in [0, 0.1) is 5.82 Å². The Hall–Kier alpha value is -1.40. The predicted molar refractivity (Wildman–Crippen MR) is 66.8 cm³/mol. The van der Waals surface area contributed by atoms with Gasteiger partial charge >= 0.3 is 0 Å². The molecule has 4 nitrogen and oxygen atoms in total. The van der Waals surface area contributed by atoms with E-state index >= 15 is 0 Å². The molecule has 0 saturated heterocycles. The second kappa shape index (κ2) is 4.85. The van der Waals surface area contributed by atoms with Crippen molar-refractivity contribution in [2.24, 2.45) is 0 Å². The second-order valence-corrected chi connectivity index (χ2v) is 4.38. The number of nitrogens with zero attached hydrogens (tertiary/aromatic N) is 2. The highest BCUT2D eigenvalue weighted by Crippen LogP contribution is 2.25. The zero-order chi connectivity index (χ0) is 12.4. The first-order valence-electron chi connectivity index (χ1n) is 5.01. The van der Waals surface area contributed by atoms with Crippen molar-refractivity contribution in [2.45, 2.75) is 6.54 Å².